The van der Waals surface area contributed by atoms with Gasteiger partial charge < -0.3 is 14.5 Å². The van der Waals surface area contributed by atoms with Crippen molar-refractivity contribution in [1.29, 1.82) is 0 Å². The van der Waals surface area contributed by atoms with Crippen molar-refractivity contribution in [2.75, 3.05) is 32.8 Å². The molecule has 0 aliphatic carbocycles. The Kier molecular flexibility index (Phi) is 5.98. The highest BCUT2D eigenvalue weighted by Gasteiger charge is 2.36. The van der Waals surface area contributed by atoms with Crippen LogP contribution in [0.3, 0.4) is 0 Å². The normalized spacial score (nSPS) is 20.3. The smallest absolute Gasteiger partial charge is 0.245 e. The van der Waals surface area contributed by atoms with Crippen molar-refractivity contribution >= 4 is 17.6 Å². The van der Waals surface area contributed by atoms with E-state index in [1.807, 2.05) is 0 Å². The lowest BCUT2D eigenvalue weighted by atomic mass is 10.1. The van der Waals surface area contributed by atoms with Crippen molar-refractivity contribution in [3.8, 4) is 0 Å². The molecule has 0 saturated carbocycles. The highest BCUT2D eigenvalue weighted by atomic mass is 19.1. The lowest BCUT2D eigenvalue weighted by Gasteiger charge is -2.32. The molecule has 0 N–H and O–H groups in total. The molecular weight excluding hydrogens is 339 g/mol. The molecule has 2 amide bonds. The first-order valence-corrected chi connectivity index (χ1v) is 9.01. The quantitative estimate of drug-likeness (QED) is 0.747. The number of likely N-dealkylation sites (tertiary alicyclic amines) is 1. The largest absolute Gasteiger partial charge is 0.378 e. The number of hydrogen-bond acceptors (Lipinski definition) is 4. The molecule has 2 fully saturated rings. The van der Waals surface area contributed by atoms with Crippen LogP contribution in [0.4, 0.5) is 4.39 Å². The van der Waals surface area contributed by atoms with Crippen molar-refractivity contribution in [3.63, 3.8) is 0 Å². The first-order valence-electron chi connectivity index (χ1n) is 9.01. The molecule has 6 nitrogen and oxygen atoms in total. The zero-order valence-corrected chi connectivity index (χ0v) is 14.7. The summed E-state index contributed by atoms with van der Waals surface area (Å²) < 4.78 is 18.2. The molecule has 26 heavy (non-hydrogen) atoms. The van der Waals surface area contributed by atoms with Gasteiger partial charge in [0.25, 0.3) is 0 Å². The van der Waals surface area contributed by atoms with Crippen molar-refractivity contribution in [2.24, 2.45) is 0 Å². The maximum atomic E-state index is 12.9. The van der Waals surface area contributed by atoms with E-state index in [-0.39, 0.29) is 30.4 Å². The van der Waals surface area contributed by atoms with E-state index in [0.29, 0.717) is 44.8 Å². The van der Waals surface area contributed by atoms with Crippen LogP contribution < -0.4 is 0 Å². The van der Waals surface area contributed by atoms with Gasteiger partial charge >= 0.3 is 0 Å². The minimum absolute atomic E-state index is 0.0241. The molecule has 140 valence electrons. The summed E-state index contributed by atoms with van der Waals surface area (Å²) in [6.07, 6.45) is 1.56. The van der Waals surface area contributed by atoms with Gasteiger partial charge in [-0.05, 0) is 37.1 Å². The third-order valence-electron chi connectivity index (χ3n) is 4.91. The van der Waals surface area contributed by atoms with E-state index < -0.39 is 11.9 Å². The van der Waals surface area contributed by atoms with E-state index in [1.165, 1.54) is 24.3 Å². The Morgan fingerprint density at radius 1 is 1.04 bits per heavy atom. The van der Waals surface area contributed by atoms with Gasteiger partial charge in [-0.25, -0.2) is 4.39 Å². The van der Waals surface area contributed by atoms with Gasteiger partial charge in [0.15, 0.2) is 5.78 Å². The summed E-state index contributed by atoms with van der Waals surface area (Å²) in [6, 6.07) is 4.87. The molecule has 0 radical (unpaired) electrons. The molecule has 7 heteroatoms. The second-order valence-corrected chi connectivity index (χ2v) is 6.61. The fourth-order valence-corrected chi connectivity index (χ4v) is 3.46. The summed E-state index contributed by atoms with van der Waals surface area (Å²) in [7, 11) is 0. The summed E-state index contributed by atoms with van der Waals surface area (Å²) in [5, 5.41) is 0. The van der Waals surface area contributed by atoms with Gasteiger partial charge in [-0.3, -0.25) is 14.4 Å². The second-order valence-electron chi connectivity index (χ2n) is 6.61. The molecule has 0 bridgehead atoms. The van der Waals surface area contributed by atoms with Gasteiger partial charge in [-0.15, -0.1) is 0 Å². The van der Waals surface area contributed by atoms with Crippen LogP contribution in [0.1, 0.15) is 36.0 Å². The summed E-state index contributed by atoms with van der Waals surface area (Å²) in [4.78, 5) is 40.7. The van der Waals surface area contributed by atoms with E-state index in [2.05, 4.69) is 0 Å². The van der Waals surface area contributed by atoms with Crippen LogP contribution in [0.5, 0.6) is 0 Å². The molecule has 2 aliphatic heterocycles. The molecule has 1 atom stereocenters. The van der Waals surface area contributed by atoms with Crippen molar-refractivity contribution < 1.29 is 23.5 Å². The summed E-state index contributed by atoms with van der Waals surface area (Å²) in [6.45, 7) is 2.71. The summed E-state index contributed by atoms with van der Waals surface area (Å²) >= 11 is 0. The van der Waals surface area contributed by atoms with Crippen LogP contribution in [-0.2, 0) is 14.3 Å². The van der Waals surface area contributed by atoms with Crippen LogP contribution in [0, 0.1) is 5.82 Å². The monoisotopic (exact) mass is 362 g/mol. The number of amides is 2. The van der Waals surface area contributed by atoms with Crippen molar-refractivity contribution in [3.05, 3.63) is 35.6 Å². The zero-order valence-electron chi connectivity index (χ0n) is 14.7. The lowest BCUT2D eigenvalue weighted by Crippen LogP contribution is -2.51. The SMILES string of the molecule is O=C(CCC(=O)N1CCC[C@H]1C(=O)N1CCOCC1)c1ccc(F)cc1. The Morgan fingerprint density at radius 3 is 2.42 bits per heavy atom. The maximum absolute atomic E-state index is 12.9. The predicted molar refractivity (Wildman–Crippen MR) is 92.1 cm³/mol. The fourth-order valence-electron chi connectivity index (χ4n) is 3.46. The van der Waals surface area contributed by atoms with E-state index >= 15 is 0 Å². The highest BCUT2D eigenvalue weighted by Crippen LogP contribution is 2.21. The first-order chi connectivity index (χ1) is 12.6. The number of morpholine rings is 1. The summed E-state index contributed by atoms with van der Waals surface area (Å²) in [5.74, 6) is -0.804. The van der Waals surface area contributed by atoms with Crippen LogP contribution >= 0.6 is 0 Å². The number of Topliss-reactive ketones (excluding diaryl/α,β-unsaturated/α-hetero) is 1. The van der Waals surface area contributed by atoms with E-state index in [4.69, 9.17) is 4.74 Å². The van der Waals surface area contributed by atoms with Crippen LogP contribution in [0.25, 0.3) is 0 Å². The average Bonchev–Trinajstić information content (AvgIpc) is 3.16. The van der Waals surface area contributed by atoms with Crippen LogP contribution in [0.2, 0.25) is 0 Å². The van der Waals surface area contributed by atoms with Crippen LogP contribution in [-0.4, -0.2) is 66.3 Å². The predicted octanol–water partition coefficient (Wildman–Crippen LogP) is 1.64. The van der Waals surface area contributed by atoms with E-state index in [0.717, 1.165) is 6.42 Å². The number of benzene rings is 1. The second kappa shape index (κ2) is 8.40. The molecular formula is C19H23FN2O4. The Bertz CT molecular complexity index is 671. The molecule has 0 unspecified atom stereocenters. The molecule has 1 aromatic carbocycles. The van der Waals surface area contributed by atoms with Gasteiger partial charge in [0, 0.05) is 38.0 Å². The van der Waals surface area contributed by atoms with E-state index in [1.54, 1.807) is 9.80 Å². The Balaban J connectivity index is 1.55. The number of nitrogens with zero attached hydrogens (tertiary/aromatic N) is 2. The molecule has 0 spiro atoms. The third kappa shape index (κ3) is 4.27. The molecule has 3 rings (SSSR count). The number of ketones is 1. The van der Waals surface area contributed by atoms with Gasteiger partial charge in [0.05, 0.1) is 13.2 Å². The number of rotatable bonds is 5. The minimum atomic E-state index is -0.429. The average molecular weight is 362 g/mol. The number of carbonyl (C=O) groups is 3. The lowest BCUT2D eigenvalue weighted by molar-refractivity contribution is -0.146. The molecule has 1 aromatic rings. The standard InChI is InChI=1S/C19H23FN2O4/c20-15-5-3-14(4-6-15)17(23)7-8-18(24)22-9-1-2-16(22)19(25)21-10-12-26-13-11-21/h3-6,16H,1-2,7-13H2/t16-/m0/s1. The third-order valence-corrected chi connectivity index (χ3v) is 4.91. The number of halogens is 1. The molecule has 2 saturated heterocycles. The molecule has 2 heterocycles. The Labute approximate surface area is 151 Å². The Morgan fingerprint density at radius 2 is 1.73 bits per heavy atom. The first kappa shape index (κ1) is 18.5. The number of carbonyl (C=O) groups excluding carboxylic acids is 3. The topological polar surface area (TPSA) is 66.9 Å². The minimum Gasteiger partial charge on any atom is -0.378 e. The van der Waals surface area contributed by atoms with Gasteiger partial charge in [0.2, 0.25) is 11.8 Å². The highest BCUT2D eigenvalue weighted by molar-refractivity contribution is 5.98. The number of hydrogen-bond donors (Lipinski definition) is 0. The van der Waals surface area contributed by atoms with Gasteiger partial charge in [0.1, 0.15) is 11.9 Å². The Hall–Kier alpha value is -2.28. The molecule has 0 aromatic heterocycles. The fraction of sp³-hybridized carbons (Fsp3) is 0.526. The number of ether oxygens (including phenoxy) is 1. The molecule has 2 aliphatic rings. The summed E-state index contributed by atoms with van der Waals surface area (Å²) in [5.41, 5.74) is 0.390. The van der Waals surface area contributed by atoms with Gasteiger partial charge in [-0.2, -0.15) is 0 Å². The van der Waals surface area contributed by atoms with Crippen LogP contribution in [0.15, 0.2) is 24.3 Å². The van der Waals surface area contributed by atoms with Crippen molar-refractivity contribution in [2.45, 2.75) is 31.7 Å². The zero-order chi connectivity index (χ0) is 18.5. The maximum Gasteiger partial charge on any atom is 0.245 e. The van der Waals surface area contributed by atoms with E-state index in [9.17, 15) is 18.8 Å². The van der Waals surface area contributed by atoms with Gasteiger partial charge in [-0.1, -0.05) is 0 Å². The van der Waals surface area contributed by atoms with Crippen molar-refractivity contribution in [1.82, 2.24) is 9.80 Å².